The van der Waals surface area contributed by atoms with Gasteiger partial charge >= 0.3 is 0 Å². The van der Waals surface area contributed by atoms with Crippen LogP contribution in [0, 0.1) is 0 Å². The molecule has 0 aromatic carbocycles. The van der Waals surface area contributed by atoms with Crippen molar-refractivity contribution in [2.45, 2.75) is 45.1 Å². The first-order valence-corrected chi connectivity index (χ1v) is 8.72. The number of hydrogen-bond donors (Lipinski definition) is 0. The Balaban J connectivity index is 1.84. The Morgan fingerprint density at radius 2 is 2.00 bits per heavy atom. The number of halogens is 2. The van der Waals surface area contributed by atoms with E-state index in [9.17, 15) is 8.78 Å². The van der Waals surface area contributed by atoms with Crippen molar-refractivity contribution in [2.75, 3.05) is 18.0 Å². The Morgan fingerprint density at radius 3 is 2.59 bits per heavy atom. The van der Waals surface area contributed by atoms with Crippen LogP contribution in [0.15, 0.2) is 6.20 Å². The number of nitrogens with zero attached hydrogens (tertiary/aromatic N) is 9. The number of anilines is 1. The van der Waals surface area contributed by atoms with Crippen molar-refractivity contribution in [3.8, 4) is 0 Å². The number of fused-ring (bicyclic) bond motifs is 1. The fourth-order valence-electron chi connectivity index (χ4n) is 3.07. The Kier molecular flexibility index (Phi) is 3.86. The molecule has 0 aliphatic carbocycles. The molecule has 1 aliphatic rings. The van der Waals surface area contributed by atoms with E-state index in [1.165, 1.54) is 0 Å². The standard InChI is InChI=1S/C16H21F2N9/c1-15(2,3)14-20-12(26-6-5-16(17,18)9-26)10-7-19-27(13(10)21-14)8-11-22-23-24-25(11)4/h7H,5-6,8-9H2,1-4H3. The van der Waals surface area contributed by atoms with Gasteiger partial charge in [-0.15, -0.1) is 5.10 Å². The lowest BCUT2D eigenvalue weighted by Gasteiger charge is -2.22. The Morgan fingerprint density at radius 1 is 1.22 bits per heavy atom. The molecule has 0 N–H and O–H groups in total. The van der Waals surface area contributed by atoms with E-state index in [-0.39, 0.29) is 24.9 Å². The molecule has 9 nitrogen and oxygen atoms in total. The third-order valence-electron chi connectivity index (χ3n) is 4.62. The quantitative estimate of drug-likeness (QED) is 0.684. The van der Waals surface area contributed by atoms with E-state index in [4.69, 9.17) is 0 Å². The summed E-state index contributed by atoms with van der Waals surface area (Å²) in [6.45, 7) is 6.20. The fourth-order valence-corrected chi connectivity index (χ4v) is 3.07. The SMILES string of the molecule is Cn1nnnc1Cn1ncc2c(N3CCC(F)(F)C3)nc(C(C)(C)C)nc21. The van der Waals surface area contributed by atoms with Crippen LogP contribution < -0.4 is 4.90 Å². The number of alkyl halides is 2. The van der Waals surface area contributed by atoms with Crippen molar-refractivity contribution in [3.05, 3.63) is 17.8 Å². The lowest BCUT2D eigenvalue weighted by molar-refractivity contribution is 0.0257. The van der Waals surface area contributed by atoms with Gasteiger partial charge in [0.25, 0.3) is 5.92 Å². The minimum atomic E-state index is -2.71. The smallest absolute Gasteiger partial charge is 0.266 e. The third kappa shape index (κ3) is 3.21. The summed E-state index contributed by atoms with van der Waals surface area (Å²) in [5.41, 5.74) is 0.246. The summed E-state index contributed by atoms with van der Waals surface area (Å²) in [6, 6.07) is 0. The second-order valence-electron chi connectivity index (χ2n) is 7.91. The summed E-state index contributed by atoms with van der Waals surface area (Å²) in [5, 5.41) is 16.5. The summed E-state index contributed by atoms with van der Waals surface area (Å²) in [7, 11) is 1.74. The molecular formula is C16H21F2N9. The number of hydrogen-bond acceptors (Lipinski definition) is 7. The van der Waals surface area contributed by atoms with Crippen LogP contribution in [-0.4, -0.2) is 59.0 Å². The van der Waals surface area contributed by atoms with E-state index in [0.717, 1.165) is 0 Å². The molecule has 1 aliphatic heterocycles. The van der Waals surface area contributed by atoms with Crippen molar-refractivity contribution >= 4 is 16.9 Å². The normalized spacial score (nSPS) is 17.2. The molecule has 11 heteroatoms. The predicted molar refractivity (Wildman–Crippen MR) is 93.7 cm³/mol. The van der Waals surface area contributed by atoms with Gasteiger partial charge in [-0.3, -0.25) is 0 Å². The summed E-state index contributed by atoms with van der Waals surface area (Å²) in [4.78, 5) is 10.9. The average molecular weight is 377 g/mol. The van der Waals surface area contributed by atoms with Gasteiger partial charge in [0.2, 0.25) is 0 Å². The number of rotatable bonds is 3. The molecule has 3 aromatic rings. The highest BCUT2D eigenvalue weighted by Gasteiger charge is 2.40. The monoisotopic (exact) mass is 377 g/mol. The molecule has 0 radical (unpaired) electrons. The molecule has 0 amide bonds. The molecule has 0 bridgehead atoms. The Labute approximate surface area is 154 Å². The van der Waals surface area contributed by atoms with Gasteiger partial charge in [-0.1, -0.05) is 20.8 Å². The lowest BCUT2D eigenvalue weighted by atomic mass is 9.95. The highest BCUT2D eigenvalue weighted by Crippen LogP contribution is 2.34. The van der Waals surface area contributed by atoms with Crippen LogP contribution in [0.25, 0.3) is 11.0 Å². The zero-order valence-corrected chi connectivity index (χ0v) is 15.7. The number of aryl methyl sites for hydroxylation is 1. The molecule has 0 saturated carbocycles. The average Bonchev–Trinajstić information content (AvgIpc) is 3.26. The maximum atomic E-state index is 13.8. The van der Waals surface area contributed by atoms with E-state index in [1.807, 2.05) is 20.8 Å². The van der Waals surface area contributed by atoms with Gasteiger partial charge in [0.1, 0.15) is 18.2 Å². The lowest BCUT2D eigenvalue weighted by Crippen LogP contribution is -2.27. The molecule has 0 atom stereocenters. The maximum absolute atomic E-state index is 13.8. The summed E-state index contributed by atoms with van der Waals surface area (Å²) in [6.07, 6.45) is 1.44. The fraction of sp³-hybridized carbons (Fsp3) is 0.625. The van der Waals surface area contributed by atoms with E-state index < -0.39 is 5.92 Å². The van der Waals surface area contributed by atoms with Crippen LogP contribution >= 0.6 is 0 Å². The Bertz CT molecular complexity index is 986. The molecule has 144 valence electrons. The van der Waals surface area contributed by atoms with Crippen molar-refractivity contribution in [2.24, 2.45) is 7.05 Å². The molecule has 3 aromatic heterocycles. The minimum Gasteiger partial charge on any atom is -0.350 e. The van der Waals surface area contributed by atoms with E-state index in [1.54, 1.807) is 27.5 Å². The van der Waals surface area contributed by atoms with Crippen LogP contribution in [0.5, 0.6) is 0 Å². The highest BCUT2D eigenvalue weighted by atomic mass is 19.3. The molecule has 1 saturated heterocycles. The molecule has 4 rings (SSSR count). The van der Waals surface area contributed by atoms with Crippen molar-refractivity contribution in [1.29, 1.82) is 0 Å². The molecule has 0 spiro atoms. The minimum absolute atomic E-state index is 0.178. The Hall–Kier alpha value is -2.72. The third-order valence-corrected chi connectivity index (χ3v) is 4.62. The van der Waals surface area contributed by atoms with E-state index in [0.29, 0.717) is 35.0 Å². The molecule has 1 fully saturated rings. The summed E-state index contributed by atoms with van der Waals surface area (Å²) >= 11 is 0. The van der Waals surface area contributed by atoms with Gasteiger partial charge in [-0.25, -0.2) is 28.1 Å². The van der Waals surface area contributed by atoms with Crippen molar-refractivity contribution in [3.63, 3.8) is 0 Å². The van der Waals surface area contributed by atoms with Gasteiger partial charge < -0.3 is 4.90 Å². The second kappa shape index (κ2) is 5.89. The number of tetrazole rings is 1. The first kappa shape index (κ1) is 17.7. The van der Waals surface area contributed by atoms with Gasteiger partial charge in [0.15, 0.2) is 11.5 Å². The first-order chi connectivity index (χ1) is 12.6. The zero-order chi connectivity index (χ0) is 19.4. The topological polar surface area (TPSA) is 90.4 Å². The number of aromatic nitrogens is 8. The predicted octanol–water partition coefficient (Wildman–Crippen LogP) is 1.54. The first-order valence-electron chi connectivity index (χ1n) is 8.72. The molecule has 0 unspecified atom stereocenters. The molecule has 4 heterocycles. The van der Waals surface area contributed by atoms with Crippen LogP contribution in [-0.2, 0) is 19.0 Å². The summed E-state index contributed by atoms with van der Waals surface area (Å²) < 4.78 is 30.8. The largest absolute Gasteiger partial charge is 0.350 e. The van der Waals surface area contributed by atoms with Crippen LogP contribution in [0.3, 0.4) is 0 Å². The highest BCUT2D eigenvalue weighted by molar-refractivity contribution is 5.87. The van der Waals surface area contributed by atoms with Gasteiger partial charge in [0.05, 0.1) is 18.1 Å². The van der Waals surface area contributed by atoms with Crippen molar-refractivity contribution in [1.82, 2.24) is 40.0 Å². The van der Waals surface area contributed by atoms with Crippen molar-refractivity contribution < 1.29 is 8.78 Å². The zero-order valence-electron chi connectivity index (χ0n) is 15.7. The van der Waals surface area contributed by atoms with Crippen LogP contribution in [0.2, 0.25) is 0 Å². The maximum Gasteiger partial charge on any atom is 0.266 e. The second-order valence-corrected chi connectivity index (χ2v) is 7.91. The van der Waals surface area contributed by atoms with Gasteiger partial charge in [-0.2, -0.15) is 5.10 Å². The van der Waals surface area contributed by atoms with Gasteiger partial charge in [0, 0.05) is 25.4 Å². The van der Waals surface area contributed by atoms with Gasteiger partial charge in [-0.05, 0) is 10.4 Å². The van der Waals surface area contributed by atoms with Crippen LogP contribution in [0.4, 0.5) is 14.6 Å². The van der Waals surface area contributed by atoms with E-state index >= 15 is 0 Å². The van der Waals surface area contributed by atoms with E-state index in [2.05, 4.69) is 30.6 Å². The van der Waals surface area contributed by atoms with Crippen LogP contribution in [0.1, 0.15) is 38.8 Å². The molecular weight excluding hydrogens is 356 g/mol. The summed E-state index contributed by atoms with van der Waals surface area (Å²) in [5.74, 6) is -1.01. The molecule has 27 heavy (non-hydrogen) atoms.